The van der Waals surface area contributed by atoms with E-state index in [-0.39, 0.29) is 18.2 Å². The zero-order valence-electron chi connectivity index (χ0n) is 15.2. The molecule has 0 saturated carbocycles. The molecule has 7 heteroatoms. The van der Waals surface area contributed by atoms with Gasteiger partial charge in [0.2, 0.25) is 0 Å². The smallest absolute Gasteiger partial charge is 0.269 e. The molecule has 0 aliphatic heterocycles. The lowest BCUT2D eigenvalue weighted by Crippen LogP contribution is -2.25. The number of hydrogen-bond donors (Lipinski definition) is 1. The molecule has 1 N–H and O–H groups in total. The van der Waals surface area contributed by atoms with Crippen molar-refractivity contribution in [2.75, 3.05) is 11.9 Å². The van der Waals surface area contributed by atoms with Crippen LogP contribution in [0.5, 0.6) is 5.75 Å². The van der Waals surface area contributed by atoms with Crippen LogP contribution < -0.4 is 10.1 Å². The lowest BCUT2D eigenvalue weighted by Gasteiger charge is -2.11. The molecule has 26 heavy (non-hydrogen) atoms. The molecule has 0 unspecified atom stereocenters. The van der Waals surface area contributed by atoms with Gasteiger partial charge in [-0.25, -0.2) is 4.39 Å². The number of carbonyl (C=O) groups excluding carboxylic acids is 1. The Bertz CT molecular complexity index is 734. The van der Waals surface area contributed by atoms with Gasteiger partial charge < -0.3 is 10.1 Å². The number of hydrogen-bond acceptors (Lipinski definition) is 3. The first-order valence-corrected chi connectivity index (χ1v) is 9.90. The Balaban J connectivity index is 1.88. The Hall–Kier alpha value is -1.89. The molecule has 1 aromatic carbocycles. The zero-order valence-corrected chi connectivity index (χ0v) is 16.8. The maximum atomic E-state index is 14.5. The van der Waals surface area contributed by atoms with Crippen LogP contribution in [0.25, 0.3) is 0 Å². The zero-order chi connectivity index (χ0) is 18.9. The second-order valence-electron chi connectivity index (χ2n) is 6.16. The molecule has 2 rings (SSSR count). The molecule has 0 aliphatic carbocycles. The van der Waals surface area contributed by atoms with E-state index in [1.54, 1.807) is 31.3 Å². The quantitative estimate of drug-likeness (QED) is 0.459. The monoisotopic (exact) mass is 425 g/mol. The average Bonchev–Trinajstić information content (AvgIpc) is 2.96. The molecule has 142 valence electrons. The Kier molecular flexibility index (Phi) is 8.09. The summed E-state index contributed by atoms with van der Waals surface area (Å²) in [5, 5.41) is 7.87. The van der Waals surface area contributed by atoms with E-state index in [1.165, 1.54) is 4.68 Å². The van der Waals surface area contributed by atoms with Crippen LogP contribution in [0.2, 0.25) is 0 Å². The highest BCUT2D eigenvalue weighted by Gasteiger charge is 2.14. The highest BCUT2D eigenvalue weighted by Crippen LogP contribution is 2.21. The summed E-state index contributed by atoms with van der Waals surface area (Å²) in [5.41, 5.74) is 1.60. The summed E-state index contributed by atoms with van der Waals surface area (Å²) in [4.78, 5) is 12.2. The number of rotatable bonds is 10. The van der Waals surface area contributed by atoms with Crippen LogP contribution in [0, 0.1) is 12.7 Å². The third-order valence-corrected chi connectivity index (χ3v) is 4.56. The first kappa shape index (κ1) is 20.4. The van der Waals surface area contributed by atoms with Crippen LogP contribution in [0.15, 0.2) is 24.3 Å². The van der Waals surface area contributed by atoms with Gasteiger partial charge in [0.1, 0.15) is 5.69 Å². The number of nitrogens with one attached hydrogen (secondary N) is 1. The van der Waals surface area contributed by atoms with Crippen LogP contribution in [0.3, 0.4) is 0 Å². The molecule has 1 aromatic heterocycles. The summed E-state index contributed by atoms with van der Waals surface area (Å²) in [5.74, 6) is -0.478. The van der Waals surface area contributed by atoms with Crippen LogP contribution in [-0.4, -0.2) is 27.6 Å². The van der Waals surface area contributed by atoms with E-state index in [4.69, 9.17) is 4.74 Å². The van der Waals surface area contributed by atoms with Gasteiger partial charge in [-0.15, -0.1) is 0 Å². The minimum absolute atomic E-state index is 0.0946. The fourth-order valence-corrected chi connectivity index (χ4v) is 3.02. The van der Waals surface area contributed by atoms with Gasteiger partial charge in [-0.05, 0) is 31.9 Å². The summed E-state index contributed by atoms with van der Waals surface area (Å²) >= 11 is 3.40. The van der Waals surface area contributed by atoms with E-state index in [1.807, 2.05) is 6.92 Å². The van der Waals surface area contributed by atoms with Gasteiger partial charge in [0.15, 0.2) is 11.6 Å². The predicted octanol–water partition coefficient (Wildman–Crippen LogP) is 4.13. The number of amides is 1. The number of carbonyl (C=O) groups is 1. The third kappa shape index (κ3) is 5.83. The summed E-state index contributed by atoms with van der Waals surface area (Å²) in [7, 11) is 1.70. The predicted molar refractivity (Wildman–Crippen MR) is 103 cm³/mol. The minimum Gasteiger partial charge on any atom is -0.491 e. The maximum absolute atomic E-state index is 14.5. The number of nitrogens with zero attached hydrogens (tertiary/aromatic N) is 2. The van der Waals surface area contributed by atoms with Gasteiger partial charge in [0.25, 0.3) is 5.91 Å². The SMILES string of the molecule is Cc1cc(C(=O)NCc2cccc(OCCCCCCBr)c2F)n(C)n1. The van der Waals surface area contributed by atoms with E-state index in [0.29, 0.717) is 17.9 Å². The number of unbranched alkanes of at least 4 members (excludes halogenated alkanes) is 3. The van der Waals surface area contributed by atoms with Crippen molar-refractivity contribution in [3.05, 3.63) is 47.0 Å². The van der Waals surface area contributed by atoms with Gasteiger partial charge in [0, 0.05) is 24.5 Å². The third-order valence-electron chi connectivity index (χ3n) is 4.00. The number of benzene rings is 1. The van der Waals surface area contributed by atoms with Crippen molar-refractivity contribution >= 4 is 21.8 Å². The Morgan fingerprint density at radius 3 is 2.77 bits per heavy atom. The first-order valence-electron chi connectivity index (χ1n) is 8.78. The normalized spacial score (nSPS) is 10.8. The lowest BCUT2D eigenvalue weighted by molar-refractivity contribution is 0.0941. The maximum Gasteiger partial charge on any atom is 0.269 e. The molecule has 2 aromatic rings. The van der Waals surface area contributed by atoms with Crippen LogP contribution in [-0.2, 0) is 13.6 Å². The number of aryl methyl sites for hydroxylation is 2. The molecule has 0 atom stereocenters. The first-order chi connectivity index (χ1) is 12.5. The molecule has 0 radical (unpaired) electrons. The van der Waals surface area contributed by atoms with Crippen LogP contribution in [0.4, 0.5) is 4.39 Å². The van der Waals surface area contributed by atoms with E-state index in [0.717, 1.165) is 36.7 Å². The van der Waals surface area contributed by atoms with Crippen molar-refractivity contribution in [3.8, 4) is 5.75 Å². The molecule has 0 spiro atoms. The summed E-state index contributed by atoms with van der Waals surface area (Å²) in [6.07, 6.45) is 4.23. The summed E-state index contributed by atoms with van der Waals surface area (Å²) < 4.78 is 21.6. The van der Waals surface area contributed by atoms with Crippen molar-refractivity contribution in [2.45, 2.75) is 39.2 Å². The van der Waals surface area contributed by atoms with Gasteiger partial charge in [-0.1, -0.05) is 40.9 Å². The van der Waals surface area contributed by atoms with Gasteiger partial charge in [-0.2, -0.15) is 5.10 Å². The molecule has 1 heterocycles. The molecule has 0 bridgehead atoms. The molecule has 1 amide bonds. The fraction of sp³-hybridized carbons (Fsp3) is 0.474. The summed E-state index contributed by atoms with van der Waals surface area (Å²) in [6.45, 7) is 2.40. The van der Waals surface area contributed by atoms with Crippen molar-refractivity contribution in [1.29, 1.82) is 0 Å². The minimum atomic E-state index is -0.422. The summed E-state index contributed by atoms with van der Waals surface area (Å²) in [6, 6.07) is 6.69. The number of halogens is 2. The molecular formula is C19H25BrFN3O2. The van der Waals surface area contributed by atoms with Crippen molar-refractivity contribution < 1.29 is 13.9 Å². The van der Waals surface area contributed by atoms with Crippen molar-refractivity contribution in [3.63, 3.8) is 0 Å². The number of ether oxygens (including phenoxy) is 1. The average molecular weight is 426 g/mol. The molecule has 5 nitrogen and oxygen atoms in total. The highest BCUT2D eigenvalue weighted by atomic mass is 79.9. The molecular weight excluding hydrogens is 401 g/mol. The number of aromatic nitrogens is 2. The molecule has 0 fully saturated rings. The van der Waals surface area contributed by atoms with E-state index in [9.17, 15) is 9.18 Å². The van der Waals surface area contributed by atoms with Crippen molar-refractivity contribution in [1.82, 2.24) is 15.1 Å². The van der Waals surface area contributed by atoms with Crippen LogP contribution in [0.1, 0.15) is 47.4 Å². The van der Waals surface area contributed by atoms with Gasteiger partial charge >= 0.3 is 0 Å². The highest BCUT2D eigenvalue weighted by molar-refractivity contribution is 9.09. The Morgan fingerprint density at radius 2 is 2.08 bits per heavy atom. The van der Waals surface area contributed by atoms with E-state index < -0.39 is 5.82 Å². The lowest BCUT2D eigenvalue weighted by atomic mass is 10.2. The molecule has 0 saturated heterocycles. The van der Waals surface area contributed by atoms with Crippen molar-refractivity contribution in [2.24, 2.45) is 7.05 Å². The molecule has 0 aliphatic rings. The number of alkyl halides is 1. The Labute approximate surface area is 162 Å². The van der Waals surface area contributed by atoms with Gasteiger partial charge in [-0.3, -0.25) is 9.48 Å². The second-order valence-corrected chi connectivity index (χ2v) is 6.95. The topological polar surface area (TPSA) is 56.1 Å². The van der Waals surface area contributed by atoms with Crippen LogP contribution >= 0.6 is 15.9 Å². The van der Waals surface area contributed by atoms with E-state index >= 15 is 0 Å². The fourth-order valence-electron chi connectivity index (χ4n) is 2.63. The second kappa shape index (κ2) is 10.3. The largest absolute Gasteiger partial charge is 0.491 e. The van der Waals surface area contributed by atoms with Gasteiger partial charge in [0.05, 0.1) is 12.3 Å². The van der Waals surface area contributed by atoms with E-state index in [2.05, 4.69) is 26.3 Å². The Morgan fingerprint density at radius 1 is 1.31 bits per heavy atom. The standard InChI is InChI=1S/C19H25BrFN3O2/c1-14-12-16(24(2)23-14)19(25)22-13-15-8-7-9-17(18(15)21)26-11-6-4-3-5-10-20/h7-9,12H,3-6,10-11,13H2,1-2H3,(H,22,25).